The van der Waals surface area contributed by atoms with Crippen LogP contribution in [0, 0.1) is 0 Å². The Morgan fingerprint density at radius 1 is 1.29 bits per heavy atom. The number of ether oxygens (including phenoxy) is 1. The number of amides is 1. The molecule has 1 aromatic carbocycles. The number of hydrogen-bond donors (Lipinski definition) is 0. The van der Waals surface area contributed by atoms with E-state index in [0.29, 0.717) is 18.9 Å². The number of hydrogen-bond acceptors (Lipinski definition) is 3. The number of halogens is 2. The molecule has 1 atom stereocenters. The summed E-state index contributed by atoms with van der Waals surface area (Å²) in [5, 5.41) is 0. The third kappa shape index (κ3) is 4.00. The van der Waals surface area contributed by atoms with Gasteiger partial charge in [0, 0.05) is 24.3 Å². The fourth-order valence-corrected chi connectivity index (χ4v) is 2.83. The minimum Gasteiger partial charge on any atom is -0.467 e. The summed E-state index contributed by atoms with van der Waals surface area (Å²) in [6.45, 7) is 1.39. The summed E-state index contributed by atoms with van der Waals surface area (Å²) >= 11 is 0. The molecule has 128 valence electrons. The Morgan fingerprint density at radius 3 is 2.83 bits per heavy atom. The third-order valence-corrected chi connectivity index (χ3v) is 4.05. The van der Waals surface area contributed by atoms with Crippen molar-refractivity contribution >= 4 is 5.91 Å². The van der Waals surface area contributed by atoms with Gasteiger partial charge in [-0.05, 0) is 37.1 Å². The molecule has 0 radical (unpaired) electrons. The van der Waals surface area contributed by atoms with Gasteiger partial charge in [-0.2, -0.15) is 0 Å². The van der Waals surface area contributed by atoms with Crippen molar-refractivity contribution in [2.75, 3.05) is 13.2 Å². The number of rotatable bonds is 6. The lowest BCUT2D eigenvalue weighted by Crippen LogP contribution is -2.36. The number of carbonyl (C=O) groups excluding carboxylic acids is 1. The maximum absolute atomic E-state index is 12.9. The Labute approximate surface area is 139 Å². The second kappa shape index (κ2) is 7.57. The van der Waals surface area contributed by atoms with Gasteiger partial charge < -0.3 is 14.1 Å². The lowest BCUT2D eigenvalue weighted by Gasteiger charge is -2.25. The number of alkyl halides is 2. The highest BCUT2D eigenvalue weighted by Crippen LogP contribution is 2.22. The second-order valence-electron chi connectivity index (χ2n) is 5.83. The average molecular weight is 335 g/mol. The standard InChI is InChI=1S/C18H19F2NO3/c19-17(20)13-4-1-5-14(10-13)18(22)21(11-15-6-2-8-23-15)12-16-7-3-9-24-16/h1-2,4-6,8,10,16-17H,3,7,9,11-12H2/t16-/m1/s1. The third-order valence-electron chi connectivity index (χ3n) is 4.05. The van der Waals surface area contributed by atoms with Crippen LogP contribution in [-0.2, 0) is 11.3 Å². The molecule has 2 aromatic rings. The van der Waals surface area contributed by atoms with Gasteiger partial charge in [0.2, 0.25) is 0 Å². The Balaban J connectivity index is 1.80. The first-order valence-corrected chi connectivity index (χ1v) is 7.95. The van der Waals surface area contributed by atoms with Crippen molar-refractivity contribution in [3.63, 3.8) is 0 Å². The molecule has 1 amide bonds. The van der Waals surface area contributed by atoms with Crippen LogP contribution in [0.1, 0.15) is 40.9 Å². The number of furan rings is 1. The van der Waals surface area contributed by atoms with Gasteiger partial charge in [0.25, 0.3) is 12.3 Å². The normalized spacial score (nSPS) is 17.4. The van der Waals surface area contributed by atoms with Gasteiger partial charge in [-0.15, -0.1) is 0 Å². The number of nitrogens with zero attached hydrogens (tertiary/aromatic N) is 1. The molecule has 0 spiro atoms. The monoisotopic (exact) mass is 335 g/mol. The summed E-state index contributed by atoms with van der Waals surface area (Å²) in [7, 11) is 0. The van der Waals surface area contributed by atoms with Crippen molar-refractivity contribution in [1.82, 2.24) is 4.90 Å². The predicted octanol–water partition coefficient (Wildman–Crippen LogP) is 4.04. The molecule has 2 heterocycles. The smallest absolute Gasteiger partial charge is 0.263 e. The van der Waals surface area contributed by atoms with Crippen LogP contribution in [-0.4, -0.2) is 30.1 Å². The molecule has 24 heavy (non-hydrogen) atoms. The van der Waals surface area contributed by atoms with E-state index in [0.717, 1.165) is 12.8 Å². The van der Waals surface area contributed by atoms with Crippen molar-refractivity contribution in [1.29, 1.82) is 0 Å². The van der Waals surface area contributed by atoms with Crippen LogP contribution in [0.4, 0.5) is 8.78 Å². The van der Waals surface area contributed by atoms with Gasteiger partial charge in [-0.3, -0.25) is 4.79 Å². The van der Waals surface area contributed by atoms with Gasteiger partial charge in [-0.1, -0.05) is 12.1 Å². The van der Waals surface area contributed by atoms with E-state index in [1.165, 1.54) is 18.2 Å². The van der Waals surface area contributed by atoms with Crippen LogP contribution in [0.15, 0.2) is 47.1 Å². The molecule has 1 saturated heterocycles. The summed E-state index contributed by atoms with van der Waals surface area (Å²) in [4.78, 5) is 14.4. The second-order valence-corrected chi connectivity index (χ2v) is 5.83. The quantitative estimate of drug-likeness (QED) is 0.800. The minimum atomic E-state index is -2.60. The molecule has 4 nitrogen and oxygen atoms in total. The number of carbonyl (C=O) groups is 1. The fourth-order valence-electron chi connectivity index (χ4n) is 2.83. The molecular weight excluding hydrogens is 316 g/mol. The Bertz CT molecular complexity index is 667. The van der Waals surface area contributed by atoms with Crippen LogP contribution in [0.2, 0.25) is 0 Å². The van der Waals surface area contributed by atoms with Crippen LogP contribution < -0.4 is 0 Å². The topological polar surface area (TPSA) is 42.7 Å². The summed E-state index contributed by atoms with van der Waals surface area (Å²) in [6, 6.07) is 9.13. The van der Waals surface area contributed by atoms with Crippen molar-refractivity contribution in [3.8, 4) is 0 Å². The molecule has 1 aromatic heterocycles. The Kier molecular flexibility index (Phi) is 5.25. The van der Waals surface area contributed by atoms with E-state index in [-0.39, 0.29) is 29.7 Å². The SMILES string of the molecule is O=C(c1cccc(C(F)F)c1)N(Cc1ccco1)C[C@H]1CCCO1. The summed E-state index contributed by atoms with van der Waals surface area (Å²) in [5.74, 6) is 0.343. The van der Waals surface area contributed by atoms with E-state index in [1.54, 1.807) is 29.4 Å². The van der Waals surface area contributed by atoms with Gasteiger partial charge in [-0.25, -0.2) is 8.78 Å². The molecule has 0 bridgehead atoms. The zero-order chi connectivity index (χ0) is 16.9. The summed E-state index contributed by atoms with van der Waals surface area (Å²) in [6.07, 6.45) is 0.770. The molecule has 6 heteroatoms. The molecular formula is C18H19F2NO3. The highest BCUT2D eigenvalue weighted by Gasteiger charge is 2.25. The fraction of sp³-hybridized carbons (Fsp3) is 0.389. The lowest BCUT2D eigenvalue weighted by atomic mass is 10.1. The molecule has 0 unspecified atom stereocenters. The molecule has 3 rings (SSSR count). The molecule has 0 aliphatic carbocycles. The maximum atomic E-state index is 12.9. The molecule has 1 aliphatic heterocycles. The summed E-state index contributed by atoms with van der Waals surface area (Å²) in [5.41, 5.74) is 0.0910. The zero-order valence-corrected chi connectivity index (χ0v) is 13.2. The Hall–Kier alpha value is -2.21. The molecule has 1 aliphatic rings. The van der Waals surface area contributed by atoms with E-state index in [9.17, 15) is 13.6 Å². The van der Waals surface area contributed by atoms with E-state index in [4.69, 9.17) is 9.15 Å². The molecule has 0 saturated carbocycles. The maximum Gasteiger partial charge on any atom is 0.263 e. The lowest BCUT2D eigenvalue weighted by molar-refractivity contribution is 0.0491. The van der Waals surface area contributed by atoms with Crippen molar-refractivity contribution in [3.05, 3.63) is 59.5 Å². The van der Waals surface area contributed by atoms with Crippen molar-refractivity contribution in [2.45, 2.75) is 31.9 Å². The van der Waals surface area contributed by atoms with E-state index in [2.05, 4.69) is 0 Å². The van der Waals surface area contributed by atoms with E-state index < -0.39 is 6.43 Å². The first-order chi connectivity index (χ1) is 11.6. The first kappa shape index (κ1) is 16.6. The highest BCUT2D eigenvalue weighted by atomic mass is 19.3. The molecule has 0 N–H and O–H groups in total. The highest BCUT2D eigenvalue weighted by molar-refractivity contribution is 5.94. The Morgan fingerprint density at radius 2 is 2.17 bits per heavy atom. The van der Waals surface area contributed by atoms with Gasteiger partial charge in [0.15, 0.2) is 0 Å². The average Bonchev–Trinajstić information content (AvgIpc) is 3.27. The van der Waals surface area contributed by atoms with Crippen molar-refractivity contribution < 1.29 is 22.7 Å². The van der Waals surface area contributed by atoms with Gasteiger partial charge in [0.05, 0.1) is 18.9 Å². The zero-order valence-electron chi connectivity index (χ0n) is 13.2. The van der Waals surface area contributed by atoms with E-state index in [1.807, 2.05) is 0 Å². The number of benzene rings is 1. The van der Waals surface area contributed by atoms with E-state index >= 15 is 0 Å². The van der Waals surface area contributed by atoms with Crippen molar-refractivity contribution in [2.24, 2.45) is 0 Å². The summed E-state index contributed by atoms with van der Waals surface area (Å²) < 4.78 is 36.7. The first-order valence-electron chi connectivity index (χ1n) is 7.95. The largest absolute Gasteiger partial charge is 0.467 e. The van der Waals surface area contributed by atoms with Gasteiger partial charge >= 0.3 is 0 Å². The predicted molar refractivity (Wildman–Crippen MR) is 83.8 cm³/mol. The van der Waals surface area contributed by atoms with Crippen LogP contribution in [0.5, 0.6) is 0 Å². The van der Waals surface area contributed by atoms with Crippen LogP contribution in [0.3, 0.4) is 0 Å². The van der Waals surface area contributed by atoms with Gasteiger partial charge in [0.1, 0.15) is 5.76 Å². The van der Waals surface area contributed by atoms with Crippen LogP contribution in [0.25, 0.3) is 0 Å². The molecule has 1 fully saturated rings. The minimum absolute atomic E-state index is 0.0257. The van der Waals surface area contributed by atoms with Crippen LogP contribution >= 0.6 is 0 Å².